The van der Waals surface area contributed by atoms with Gasteiger partial charge in [0.15, 0.2) is 0 Å². The fraction of sp³-hybridized carbons (Fsp3) is 0.214. The van der Waals surface area contributed by atoms with E-state index >= 15 is 0 Å². The third-order valence-electron chi connectivity index (χ3n) is 2.74. The third-order valence-corrected chi connectivity index (χ3v) is 2.97. The summed E-state index contributed by atoms with van der Waals surface area (Å²) in [6.45, 7) is 0.385. The molecule has 0 aliphatic rings. The summed E-state index contributed by atoms with van der Waals surface area (Å²) >= 11 is 5.62. The van der Waals surface area contributed by atoms with Crippen LogP contribution in [0.5, 0.6) is 0 Å². The van der Waals surface area contributed by atoms with Crippen LogP contribution in [0.1, 0.15) is 11.1 Å². The number of hydrogen-bond acceptors (Lipinski definition) is 2. The predicted molar refractivity (Wildman–Crippen MR) is 72.9 cm³/mol. The van der Waals surface area contributed by atoms with Crippen molar-refractivity contribution in [1.82, 2.24) is 4.98 Å². The van der Waals surface area contributed by atoms with Gasteiger partial charge in [0.1, 0.15) is 0 Å². The van der Waals surface area contributed by atoms with E-state index < -0.39 is 11.7 Å². The first-order valence-electron chi connectivity index (χ1n) is 5.96. The first kappa shape index (κ1) is 14.7. The molecular formula is C14H12ClF3N2. The highest BCUT2D eigenvalue weighted by Crippen LogP contribution is 2.36. The average molecular weight is 301 g/mol. The molecule has 106 valence electrons. The molecule has 0 atom stereocenters. The molecule has 0 spiro atoms. The number of nitrogens with one attached hydrogen (secondary N) is 1. The molecule has 0 saturated carbocycles. The number of rotatable bonds is 4. The van der Waals surface area contributed by atoms with Crippen LogP contribution in [-0.2, 0) is 12.6 Å². The predicted octanol–water partition coefficient (Wildman–Crippen LogP) is 4.41. The minimum atomic E-state index is -4.43. The van der Waals surface area contributed by atoms with Gasteiger partial charge < -0.3 is 5.32 Å². The zero-order valence-corrected chi connectivity index (χ0v) is 11.2. The number of aromatic nitrogens is 1. The van der Waals surface area contributed by atoms with E-state index in [9.17, 15) is 13.2 Å². The molecule has 0 radical (unpaired) electrons. The molecule has 0 bridgehead atoms. The van der Waals surface area contributed by atoms with E-state index in [4.69, 9.17) is 11.6 Å². The van der Waals surface area contributed by atoms with Crippen molar-refractivity contribution >= 4 is 17.3 Å². The van der Waals surface area contributed by atoms with Crippen molar-refractivity contribution in [3.63, 3.8) is 0 Å². The number of benzene rings is 1. The fourth-order valence-electron chi connectivity index (χ4n) is 1.79. The second kappa shape index (κ2) is 6.13. The molecule has 1 aromatic heterocycles. The number of anilines is 1. The standard InChI is InChI=1S/C14H12ClF3N2/c15-11-3-4-13(12(8-11)14(16,17)18)20-7-5-10-2-1-6-19-9-10/h1-4,6,8-9,20H,5,7H2. The summed E-state index contributed by atoms with van der Waals surface area (Å²) in [6.07, 6.45) is -0.499. The zero-order valence-electron chi connectivity index (χ0n) is 10.4. The van der Waals surface area contributed by atoms with E-state index in [0.717, 1.165) is 11.6 Å². The number of halogens is 4. The summed E-state index contributed by atoms with van der Waals surface area (Å²) in [5.74, 6) is 0. The maximum absolute atomic E-state index is 12.9. The summed E-state index contributed by atoms with van der Waals surface area (Å²) < 4.78 is 38.6. The van der Waals surface area contributed by atoms with Gasteiger partial charge in [-0.3, -0.25) is 4.98 Å². The molecule has 0 unspecified atom stereocenters. The van der Waals surface area contributed by atoms with Gasteiger partial charge in [0.25, 0.3) is 0 Å². The lowest BCUT2D eigenvalue weighted by Crippen LogP contribution is -2.12. The molecule has 2 nitrogen and oxygen atoms in total. The second-order valence-corrected chi connectivity index (χ2v) is 4.66. The highest BCUT2D eigenvalue weighted by Gasteiger charge is 2.33. The molecule has 1 aromatic carbocycles. The van der Waals surface area contributed by atoms with Gasteiger partial charge >= 0.3 is 6.18 Å². The van der Waals surface area contributed by atoms with Crippen LogP contribution < -0.4 is 5.32 Å². The van der Waals surface area contributed by atoms with Gasteiger partial charge in [0.05, 0.1) is 5.56 Å². The molecule has 1 N–H and O–H groups in total. The van der Waals surface area contributed by atoms with Crippen LogP contribution in [0, 0.1) is 0 Å². The molecule has 0 fully saturated rings. The van der Waals surface area contributed by atoms with Crippen molar-refractivity contribution in [1.29, 1.82) is 0 Å². The van der Waals surface area contributed by atoms with Crippen LogP contribution in [0.25, 0.3) is 0 Å². The second-order valence-electron chi connectivity index (χ2n) is 4.23. The Hall–Kier alpha value is -1.75. The molecule has 0 saturated heterocycles. The van der Waals surface area contributed by atoms with Crippen molar-refractivity contribution < 1.29 is 13.2 Å². The molecule has 6 heteroatoms. The van der Waals surface area contributed by atoms with Crippen molar-refractivity contribution in [3.05, 3.63) is 58.9 Å². The molecule has 1 heterocycles. The monoisotopic (exact) mass is 300 g/mol. The largest absolute Gasteiger partial charge is 0.418 e. The van der Waals surface area contributed by atoms with Crippen LogP contribution in [0.4, 0.5) is 18.9 Å². The highest BCUT2D eigenvalue weighted by atomic mass is 35.5. The summed E-state index contributed by atoms with van der Waals surface area (Å²) in [7, 11) is 0. The Morgan fingerprint density at radius 1 is 1.20 bits per heavy atom. The number of hydrogen-bond donors (Lipinski definition) is 1. The van der Waals surface area contributed by atoms with Crippen molar-refractivity contribution in [2.45, 2.75) is 12.6 Å². The fourth-order valence-corrected chi connectivity index (χ4v) is 1.96. The van der Waals surface area contributed by atoms with Crippen LogP contribution in [0.2, 0.25) is 5.02 Å². The maximum atomic E-state index is 12.9. The Bertz CT molecular complexity index is 570. The van der Waals surface area contributed by atoms with E-state index in [0.29, 0.717) is 13.0 Å². The summed E-state index contributed by atoms with van der Waals surface area (Å²) in [5.41, 5.74) is 0.240. The van der Waals surface area contributed by atoms with E-state index in [1.165, 1.54) is 12.1 Å². The molecule has 0 aliphatic carbocycles. The first-order valence-corrected chi connectivity index (χ1v) is 6.34. The van der Waals surface area contributed by atoms with Gasteiger partial charge in [-0.15, -0.1) is 0 Å². The third kappa shape index (κ3) is 3.87. The van der Waals surface area contributed by atoms with Crippen LogP contribution in [0.3, 0.4) is 0 Å². The summed E-state index contributed by atoms with van der Waals surface area (Å²) in [6, 6.07) is 7.37. The molecule has 20 heavy (non-hydrogen) atoms. The minimum absolute atomic E-state index is 0.0331. The number of nitrogens with zero attached hydrogens (tertiary/aromatic N) is 1. The van der Waals surface area contributed by atoms with Crippen molar-refractivity contribution in [2.24, 2.45) is 0 Å². The van der Waals surface area contributed by atoms with Crippen LogP contribution in [0.15, 0.2) is 42.7 Å². The van der Waals surface area contributed by atoms with Crippen LogP contribution in [-0.4, -0.2) is 11.5 Å². The van der Waals surface area contributed by atoms with E-state index in [1.807, 2.05) is 6.07 Å². The molecule has 0 amide bonds. The normalized spacial score (nSPS) is 11.4. The lowest BCUT2D eigenvalue weighted by molar-refractivity contribution is -0.136. The molecule has 2 aromatic rings. The summed E-state index contributed by atoms with van der Waals surface area (Å²) in [4.78, 5) is 3.95. The average Bonchev–Trinajstić information content (AvgIpc) is 2.40. The Morgan fingerprint density at radius 2 is 2.00 bits per heavy atom. The number of alkyl halides is 3. The van der Waals surface area contributed by atoms with Crippen molar-refractivity contribution in [2.75, 3.05) is 11.9 Å². The van der Waals surface area contributed by atoms with E-state index in [-0.39, 0.29) is 10.7 Å². The van der Waals surface area contributed by atoms with Crippen LogP contribution >= 0.6 is 11.6 Å². The van der Waals surface area contributed by atoms with Gasteiger partial charge in [0, 0.05) is 29.6 Å². The smallest absolute Gasteiger partial charge is 0.384 e. The SMILES string of the molecule is FC(F)(F)c1cc(Cl)ccc1NCCc1cccnc1. The topological polar surface area (TPSA) is 24.9 Å². The van der Waals surface area contributed by atoms with Gasteiger partial charge in [-0.2, -0.15) is 13.2 Å². The Morgan fingerprint density at radius 3 is 2.65 bits per heavy atom. The lowest BCUT2D eigenvalue weighted by atomic mass is 10.1. The molecule has 2 rings (SSSR count). The Kier molecular flexibility index (Phi) is 4.49. The van der Waals surface area contributed by atoms with Crippen molar-refractivity contribution in [3.8, 4) is 0 Å². The lowest BCUT2D eigenvalue weighted by Gasteiger charge is -2.14. The first-order chi connectivity index (χ1) is 9.47. The van der Waals surface area contributed by atoms with Gasteiger partial charge in [-0.25, -0.2) is 0 Å². The van der Waals surface area contributed by atoms with Gasteiger partial charge in [-0.05, 0) is 36.2 Å². The van der Waals surface area contributed by atoms with Gasteiger partial charge in [-0.1, -0.05) is 17.7 Å². The molecule has 0 aliphatic heterocycles. The maximum Gasteiger partial charge on any atom is 0.418 e. The van der Waals surface area contributed by atoms with E-state index in [1.54, 1.807) is 18.5 Å². The van der Waals surface area contributed by atoms with E-state index in [2.05, 4.69) is 10.3 Å². The number of pyridine rings is 1. The minimum Gasteiger partial charge on any atom is -0.384 e. The summed E-state index contributed by atoms with van der Waals surface area (Å²) in [5, 5.41) is 2.85. The molecular weight excluding hydrogens is 289 g/mol. The quantitative estimate of drug-likeness (QED) is 0.905. The Balaban J connectivity index is 2.06. The Labute approximate surface area is 119 Å². The van der Waals surface area contributed by atoms with Gasteiger partial charge in [0.2, 0.25) is 0 Å². The zero-order chi connectivity index (χ0) is 14.6. The highest BCUT2D eigenvalue weighted by molar-refractivity contribution is 6.30.